The SMILES string of the molecule is C=Cc1ccc(C(c2ccc(C=C)cc2)c2ccc(-c3cccc(-c4ccccn4)c3)cc2)cc1. The maximum atomic E-state index is 4.50. The largest absolute Gasteiger partial charge is 0.256 e. The molecule has 0 bridgehead atoms. The lowest BCUT2D eigenvalue weighted by Gasteiger charge is -2.20. The van der Waals surface area contributed by atoms with Gasteiger partial charge in [-0.2, -0.15) is 0 Å². The summed E-state index contributed by atoms with van der Waals surface area (Å²) in [5.41, 5.74) is 10.5. The summed E-state index contributed by atoms with van der Waals surface area (Å²) in [6, 6.07) is 40.8. The standard InChI is InChI=1S/C34H27N/c1-3-25-11-15-28(16-12-25)34(29-17-13-26(4-2)14-18-29)30-21-19-27(20-22-30)31-8-7-9-32(24-31)33-10-5-6-23-35-33/h3-24,34H,1-2H2. The average molecular weight is 450 g/mol. The van der Waals surface area contributed by atoms with E-state index >= 15 is 0 Å². The molecule has 0 aliphatic carbocycles. The molecular weight excluding hydrogens is 422 g/mol. The molecule has 0 atom stereocenters. The second kappa shape index (κ2) is 10.2. The Labute approximate surface area is 207 Å². The van der Waals surface area contributed by atoms with E-state index in [0.29, 0.717) is 0 Å². The van der Waals surface area contributed by atoms with Crippen molar-refractivity contribution in [2.24, 2.45) is 0 Å². The fourth-order valence-corrected chi connectivity index (χ4v) is 4.49. The van der Waals surface area contributed by atoms with Crippen LogP contribution in [0, 0.1) is 0 Å². The van der Waals surface area contributed by atoms with Crippen LogP contribution >= 0.6 is 0 Å². The van der Waals surface area contributed by atoms with E-state index < -0.39 is 0 Å². The first-order valence-electron chi connectivity index (χ1n) is 11.8. The number of hydrogen-bond acceptors (Lipinski definition) is 1. The topological polar surface area (TPSA) is 12.9 Å². The third-order valence-corrected chi connectivity index (χ3v) is 6.41. The van der Waals surface area contributed by atoms with Crippen LogP contribution in [-0.4, -0.2) is 4.98 Å². The molecule has 0 saturated heterocycles. The Kier molecular flexibility index (Phi) is 6.50. The van der Waals surface area contributed by atoms with Crippen LogP contribution < -0.4 is 0 Å². The first-order valence-corrected chi connectivity index (χ1v) is 11.8. The van der Waals surface area contributed by atoms with Gasteiger partial charge in [0, 0.05) is 17.7 Å². The maximum Gasteiger partial charge on any atom is 0.0702 e. The van der Waals surface area contributed by atoms with Crippen molar-refractivity contribution in [1.82, 2.24) is 4.98 Å². The molecule has 0 radical (unpaired) electrons. The first-order chi connectivity index (χ1) is 17.2. The molecule has 0 spiro atoms. The Balaban J connectivity index is 1.51. The van der Waals surface area contributed by atoms with Gasteiger partial charge in [0.2, 0.25) is 0 Å². The Morgan fingerprint density at radius 3 is 1.57 bits per heavy atom. The summed E-state index contributed by atoms with van der Waals surface area (Å²) in [5, 5.41) is 0. The Bertz CT molecular complexity index is 1380. The molecule has 5 rings (SSSR count). The zero-order valence-electron chi connectivity index (χ0n) is 19.6. The summed E-state index contributed by atoms with van der Waals surface area (Å²) in [4.78, 5) is 4.50. The molecule has 168 valence electrons. The van der Waals surface area contributed by atoms with Crippen molar-refractivity contribution < 1.29 is 0 Å². The third kappa shape index (κ3) is 4.90. The lowest BCUT2D eigenvalue weighted by molar-refractivity contribution is 0.977. The number of hydrogen-bond donors (Lipinski definition) is 0. The summed E-state index contributed by atoms with van der Waals surface area (Å²) in [6.45, 7) is 7.78. The van der Waals surface area contributed by atoms with E-state index in [1.54, 1.807) is 0 Å². The van der Waals surface area contributed by atoms with Gasteiger partial charge in [0.15, 0.2) is 0 Å². The van der Waals surface area contributed by atoms with Crippen molar-refractivity contribution in [3.8, 4) is 22.4 Å². The summed E-state index contributed by atoms with van der Waals surface area (Å²) >= 11 is 0. The molecule has 5 aromatic rings. The highest BCUT2D eigenvalue weighted by molar-refractivity contribution is 5.71. The predicted octanol–water partition coefficient (Wildman–Crippen LogP) is 8.88. The fourth-order valence-electron chi connectivity index (χ4n) is 4.49. The molecule has 0 amide bonds. The van der Waals surface area contributed by atoms with Crippen molar-refractivity contribution in [2.75, 3.05) is 0 Å². The van der Waals surface area contributed by atoms with Gasteiger partial charge >= 0.3 is 0 Å². The molecule has 0 aliphatic rings. The van der Waals surface area contributed by atoms with E-state index in [1.165, 1.54) is 27.8 Å². The van der Waals surface area contributed by atoms with Crippen molar-refractivity contribution in [3.05, 3.63) is 162 Å². The normalized spacial score (nSPS) is 10.8. The van der Waals surface area contributed by atoms with Crippen molar-refractivity contribution >= 4 is 12.2 Å². The highest BCUT2D eigenvalue weighted by atomic mass is 14.7. The predicted molar refractivity (Wildman–Crippen MR) is 149 cm³/mol. The van der Waals surface area contributed by atoms with Crippen LogP contribution in [0.4, 0.5) is 0 Å². The zero-order chi connectivity index (χ0) is 24.0. The molecule has 1 heterocycles. The van der Waals surface area contributed by atoms with Crippen molar-refractivity contribution in [2.45, 2.75) is 5.92 Å². The quantitative estimate of drug-likeness (QED) is 0.226. The van der Waals surface area contributed by atoms with Gasteiger partial charge in [0.05, 0.1) is 5.69 Å². The van der Waals surface area contributed by atoms with Gasteiger partial charge in [-0.3, -0.25) is 4.98 Å². The fraction of sp³-hybridized carbons (Fsp3) is 0.0294. The zero-order valence-corrected chi connectivity index (χ0v) is 19.6. The number of pyridine rings is 1. The van der Waals surface area contributed by atoms with Crippen LogP contribution in [-0.2, 0) is 0 Å². The Morgan fingerprint density at radius 1 is 0.514 bits per heavy atom. The van der Waals surface area contributed by atoms with E-state index in [2.05, 4.69) is 115 Å². The van der Waals surface area contributed by atoms with Crippen LogP contribution in [0.3, 0.4) is 0 Å². The monoisotopic (exact) mass is 449 g/mol. The van der Waals surface area contributed by atoms with E-state index in [4.69, 9.17) is 0 Å². The molecule has 1 nitrogen and oxygen atoms in total. The molecular formula is C34H27N. The minimum Gasteiger partial charge on any atom is -0.256 e. The molecule has 0 fully saturated rings. The summed E-state index contributed by atoms with van der Waals surface area (Å²) in [7, 11) is 0. The Morgan fingerprint density at radius 2 is 1.06 bits per heavy atom. The molecule has 35 heavy (non-hydrogen) atoms. The second-order valence-electron chi connectivity index (χ2n) is 8.59. The van der Waals surface area contributed by atoms with Gasteiger partial charge in [0.25, 0.3) is 0 Å². The van der Waals surface area contributed by atoms with Gasteiger partial charge in [-0.15, -0.1) is 0 Å². The second-order valence-corrected chi connectivity index (χ2v) is 8.59. The molecule has 0 aliphatic heterocycles. The van der Waals surface area contributed by atoms with Gasteiger partial charge in [-0.1, -0.05) is 122 Å². The van der Waals surface area contributed by atoms with Crippen LogP contribution in [0.1, 0.15) is 33.7 Å². The van der Waals surface area contributed by atoms with Crippen LogP contribution in [0.25, 0.3) is 34.5 Å². The number of aromatic nitrogens is 1. The van der Waals surface area contributed by atoms with Gasteiger partial charge in [-0.05, 0) is 57.1 Å². The van der Waals surface area contributed by atoms with Gasteiger partial charge in [0.1, 0.15) is 0 Å². The molecule has 0 unspecified atom stereocenters. The van der Waals surface area contributed by atoms with E-state index in [1.807, 2.05) is 36.5 Å². The molecule has 1 heteroatoms. The van der Waals surface area contributed by atoms with Crippen molar-refractivity contribution in [1.29, 1.82) is 0 Å². The average Bonchev–Trinajstić information content (AvgIpc) is 2.95. The summed E-state index contributed by atoms with van der Waals surface area (Å²) < 4.78 is 0. The molecule has 0 saturated carbocycles. The van der Waals surface area contributed by atoms with E-state index in [9.17, 15) is 0 Å². The van der Waals surface area contributed by atoms with Crippen LogP contribution in [0.15, 0.2) is 135 Å². The van der Waals surface area contributed by atoms with Crippen LogP contribution in [0.2, 0.25) is 0 Å². The van der Waals surface area contributed by atoms with Crippen molar-refractivity contribution in [3.63, 3.8) is 0 Å². The lowest BCUT2D eigenvalue weighted by atomic mass is 9.84. The van der Waals surface area contributed by atoms with Gasteiger partial charge < -0.3 is 0 Å². The highest BCUT2D eigenvalue weighted by Crippen LogP contribution is 2.34. The van der Waals surface area contributed by atoms with E-state index in [0.717, 1.165) is 22.4 Å². The minimum absolute atomic E-state index is 0.140. The Hall–Kier alpha value is -4.49. The first kappa shape index (κ1) is 22.3. The third-order valence-electron chi connectivity index (χ3n) is 6.41. The summed E-state index contributed by atoms with van der Waals surface area (Å²) in [5.74, 6) is 0.140. The smallest absolute Gasteiger partial charge is 0.0702 e. The lowest BCUT2D eigenvalue weighted by Crippen LogP contribution is -2.03. The molecule has 4 aromatic carbocycles. The molecule has 1 aromatic heterocycles. The number of benzene rings is 4. The minimum atomic E-state index is 0.140. The highest BCUT2D eigenvalue weighted by Gasteiger charge is 2.17. The maximum absolute atomic E-state index is 4.50. The van der Waals surface area contributed by atoms with Crippen LogP contribution in [0.5, 0.6) is 0 Å². The summed E-state index contributed by atoms with van der Waals surface area (Å²) in [6.07, 6.45) is 5.59. The number of nitrogens with zero attached hydrogens (tertiary/aromatic N) is 1. The van der Waals surface area contributed by atoms with E-state index in [-0.39, 0.29) is 5.92 Å². The molecule has 0 N–H and O–H groups in total. The number of rotatable bonds is 7. The van der Waals surface area contributed by atoms with Gasteiger partial charge in [-0.25, -0.2) is 0 Å².